The van der Waals surface area contributed by atoms with Crippen molar-refractivity contribution in [1.29, 1.82) is 0 Å². The monoisotopic (exact) mass is 478 g/mol. The van der Waals surface area contributed by atoms with Gasteiger partial charge in [-0.2, -0.15) is 0 Å². The molecular formula is C14H10Cl4O6S2. The SMILES string of the molecule is COc1c(Cl)ccc(-c2ccc(Cl)c(OC)c2S(=O)(=O)Cl)c1S(=O)(=O)Cl. The molecule has 0 unspecified atom stereocenters. The number of hydrogen-bond donors (Lipinski definition) is 0. The quantitative estimate of drug-likeness (QED) is 0.585. The minimum absolute atomic E-state index is 0.0355. The van der Waals surface area contributed by atoms with E-state index in [1.807, 2.05) is 0 Å². The second-order valence-corrected chi connectivity index (χ2v) is 10.6. The molecule has 0 aliphatic carbocycles. The van der Waals surface area contributed by atoms with Gasteiger partial charge >= 0.3 is 0 Å². The van der Waals surface area contributed by atoms with Crippen molar-refractivity contribution < 1.29 is 26.3 Å². The molecule has 142 valence electrons. The highest BCUT2D eigenvalue weighted by Crippen LogP contribution is 2.46. The summed E-state index contributed by atoms with van der Waals surface area (Å²) in [5.74, 6) is -0.489. The van der Waals surface area contributed by atoms with Crippen molar-refractivity contribution in [3.63, 3.8) is 0 Å². The van der Waals surface area contributed by atoms with E-state index in [4.69, 9.17) is 54.0 Å². The van der Waals surface area contributed by atoms with E-state index in [0.717, 1.165) is 0 Å². The highest BCUT2D eigenvalue weighted by Gasteiger charge is 2.31. The number of rotatable bonds is 5. The zero-order valence-corrected chi connectivity index (χ0v) is 17.7. The molecule has 0 spiro atoms. The molecule has 2 rings (SSSR count). The number of benzene rings is 2. The number of halogens is 4. The van der Waals surface area contributed by atoms with Crippen LogP contribution in [0.2, 0.25) is 10.0 Å². The second-order valence-electron chi connectivity index (χ2n) is 4.79. The van der Waals surface area contributed by atoms with E-state index in [-0.39, 0.29) is 32.7 Å². The highest BCUT2D eigenvalue weighted by molar-refractivity contribution is 8.14. The fourth-order valence-electron chi connectivity index (χ4n) is 2.37. The molecule has 0 N–H and O–H groups in total. The Bertz CT molecular complexity index is 994. The van der Waals surface area contributed by atoms with Crippen molar-refractivity contribution in [2.75, 3.05) is 14.2 Å². The Morgan fingerprint density at radius 1 is 0.692 bits per heavy atom. The third-order valence-electron chi connectivity index (χ3n) is 3.31. The summed E-state index contributed by atoms with van der Waals surface area (Å²) in [6.45, 7) is 0. The first kappa shape index (κ1) is 21.4. The van der Waals surface area contributed by atoms with Gasteiger partial charge in [0.05, 0.1) is 24.3 Å². The normalized spacial score (nSPS) is 12.1. The maximum atomic E-state index is 12.1. The molecule has 0 heterocycles. The highest BCUT2D eigenvalue weighted by atomic mass is 35.7. The summed E-state index contributed by atoms with van der Waals surface area (Å²) in [4.78, 5) is -1.03. The summed E-state index contributed by atoms with van der Waals surface area (Å²) in [6.07, 6.45) is 0. The van der Waals surface area contributed by atoms with Crippen LogP contribution in [0.3, 0.4) is 0 Å². The van der Waals surface area contributed by atoms with Crippen molar-refractivity contribution in [2.45, 2.75) is 9.79 Å². The van der Waals surface area contributed by atoms with Crippen LogP contribution >= 0.6 is 44.6 Å². The Hall–Kier alpha value is -0.900. The van der Waals surface area contributed by atoms with Gasteiger partial charge in [-0.25, -0.2) is 16.8 Å². The smallest absolute Gasteiger partial charge is 0.265 e. The second kappa shape index (κ2) is 7.61. The lowest BCUT2D eigenvalue weighted by Gasteiger charge is -2.17. The molecule has 2 aromatic carbocycles. The Morgan fingerprint density at radius 3 is 1.23 bits per heavy atom. The minimum Gasteiger partial charge on any atom is -0.494 e. The average molecular weight is 480 g/mol. The van der Waals surface area contributed by atoms with Gasteiger partial charge in [-0.15, -0.1) is 0 Å². The van der Waals surface area contributed by atoms with E-state index >= 15 is 0 Å². The fraction of sp³-hybridized carbons (Fsp3) is 0.143. The number of ether oxygens (including phenoxy) is 2. The van der Waals surface area contributed by atoms with Crippen LogP contribution in [-0.2, 0) is 18.1 Å². The third kappa shape index (κ3) is 4.00. The van der Waals surface area contributed by atoms with Crippen LogP contribution < -0.4 is 9.47 Å². The molecule has 0 atom stereocenters. The van der Waals surface area contributed by atoms with Crippen LogP contribution in [0.25, 0.3) is 11.1 Å². The zero-order valence-electron chi connectivity index (χ0n) is 13.1. The molecule has 0 aromatic heterocycles. The average Bonchev–Trinajstić information content (AvgIpc) is 2.52. The lowest BCUT2D eigenvalue weighted by atomic mass is 10.0. The molecule has 0 bridgehead atoms. The molecule has 0 aliphatic heterocycles. The van der Waals surface area contributed by atoms with Crippen molar-refractivity contribution in [1.82, 2.24) is 0 Å². The zero-order chi connectivity index (χ0) is 19.9. The summed E-state index contributed by atoms with van der Waals surface area (Å²) in [6, 6.07) is 5.20. The van der Waals surface area contributed by atoms with Crippen LogP contribution in [0.4, 0.5) is 0 Å². The van der Waals surface area contributed by atoms with Crippen LogP contribution in [0.15, 0.2) is 34.1 Å². The van der Waals surface area contributed by atoms with Crippen LogP contribution in [-0.4, -0.2) is 31.1 Å². The predicted molar refractivity (Wildman–Crippen MR) is 101 cm³/mol. The van der Waals surface area contributed by atoms with Crippen molar-refractivity contribution >= 4 is 62.7 Å². The molecular weight excluding hydrogens is 470 g/mol. The fourth-order valence-corrected chi connectivity index (χ4v) is 5.58. The van der Waals surface area contributed by atoms with Gasteiger partial charge in [-0.3, -0.25) is 0 Å². The summed E-state index contributed by atoms with van der Waals surface area (Å²) in [5.41, 5.74) is -0.203. The van der Waals surface area contributed by atoms with Gasteiger partial charge in [-0.05, 0) is 12.1 Å². The Morgan fingerprint density at radius 2 is 1.00 bits per heavy atom. The van der Waals surface area contributed by atoms with Crippen molar-refractivity contribution in [2.24, 2.45) is 0 Å². The van der Waals surface area contributed by atoms with Gasteiger partial charge < -0.3 is 9.47 Å². The van der Waals surface area contributed by atoms with Crippen LogP contribution in [0.5, 0.6) is 11.5 Å². The summed E-state index contributed by atoms with van der Waals surface area (Å²) in [7, 11) is 4.68. The Balaban J connectivity index is 3.09. The molecule has 0 amide bonds. The number of methoxy groups -OCH3 is 2. The first-order valence-electron chi connectivity index (χ1n) is 6.56. The first-order chi connectivity index (χ1) is 11.9. The maximum Gasteiger partial charge on any atom is 0.265 e. The van der Waals surface area contributed by atoms with E-state index < -0.39 is 27.9 Å². The van der Waals surface area contributed by atoms with E-state index in [0.29, 0.717) is 0 Å². The van der Waals surface area contributed by atoms with Crippen molar-refractivity contribution in [3.8, 4) is 22.6 Å². The first-order valence-corrected chi connectivity index (χ1v) is 11.9. The van der Waals surface area contributed by atoms with Gasteiger partial charge in [0.2, 0.25) is 0 Å². The molecule has 26 heavy (non-hydrogen) atoms. The van der Waals surface area contributed by atoms with Gasteiger partial charge in [-0.1, -0.05) is 35.3 Å². The largest absolute Gasteiger partial charge is 0.494 e. The lowest BCUT2D eigenvalue weighted by Crippen LogP contribution is -2.04. The molecule has 12 heteroatoms. The van der Waals surface area contributed by atoms with E-state index in [1.165, 1.54) is 38.5 Å². The van der Waals surface area contributed by atoms with Crippen LogP contribution in [0, 0.1) is 0 Å². The van der Waals surface area contributed by atoms with Gasteiger partial charge in [0, 0.05) is 32.5 Å². The molecule has 0 saturated carbocycles. The summed E-state index contributed by atoms with van der Waals surface area (Å²) >= 11 is 11.9. The minimum atomic E-state index is -4.39. The molecule has 6 nitrogen and oxygen atoms in total. The maximum absolute atomic E-state index is 12.1. The van der Waals surface area contributed by atoms with E-state index in [2.05, 4.69) is 0 Å². The van der Waals surface area contributed by atoms with Gasteiger partial charge in [0.25, 0.3) is 18.1 Å². The van der Waals surface area contributed by atoms with Gasteiger partial charge in [0.1, 0.15) is 9.79 Å². The standard InChI is InChI=1S/C14H10Cl4O6S2/c1-23-11-9(15)5-3-7(13(11)25(17,19)20)8-4-6-10(16)12(24-2)14(8)26(18,21)22/h3-6H,1-2H3. The topological polar surface area (TPSA) is 86.7 Å². The molecule has 0 aliphatic rings. The van der Waals surface area contributed by atoms with Crippen LogP contribution in [0.1, 0.15) is 0 Å². The molecule has 0 fully saturated rings. The van der Waals surface area contributed by atoms with E-state index in [1.54, 1.807) is 0 Å². The van der Waals surface area contributed by atoms with E-state index in [9.17, 15) is 16.8 Å². The molecule has 0 saturated heterocycles. The molecule has 2 aromatic rings. The third-order valence-corrected chi connectivity index (χ3v) is 6.62. The molecule has 0 radical (unpaired) electrons. The Labute approximate surface area is 169 Å². The van der Waals surface area contributed by atoms with Gasteiger partial charge in [0.15, 0.2) is 11.5 Å². The van der Waals surface area contributed by atoms with Crippen molar-refractivity contribution in [3.05, 3.63) is 34.3 Å². The lowest BCUT2D eigenvalue weighted by molar-refractivity contribution is 0.402. The Kier molecular flexibility index (Phi) is 6.27. The summed E-state index contributed by atoms with van der Waals surface area (Å²) < 4.78 is 58.6. The predicted octanol–water partition coefficient (Wildman–Crippen LogP) is 4.53. The number of hydrogen-bond acceptors (Lipinski definition) is 6. The summed E-state index contributed by atoms with van der Waals surface area (Å²) in [5, 5.41) is -0.0710.